The number of nitrogens with two attached hydrogens (primary N) is 1. The van der Waals surface area contributed by atoms with Crippen molar-refractivity contribution >= 4 is 34.7 Å². The Labute approximate surface area is 119 Å². The lowest BCUT2D eigenvalue weighted by atomic mass is 9.95. The Morgan fingerprint density at radius 3 is 2.33 bits per heavy atom. The Balaban J connectivity index is 1.88. The first-order valence-electron chi connectivity index (χ1n) is 6.38. The van der Waals surface area contributed by atoms with Crippen molar-refractivity contribution in [3.8, 4) is 0 Å². The first-order chi connectivity index (χ1) is 8.69. The molecular formula is C14H20N2S2. The standard InChI is InChI=1S/C14H20N2S2/c1-18-13-8-6-12(7-9-13)16-11-4-2-10(3-5-11)14(15)17/h2-5,12-13,16H,6-9H2,1H3,(H2,15,17). The number of benzene rings is 1. The van der Waals surface area contributed by atoms with Gasteiger partial charge in [0.25, 0.3) is 0 Å². The number of hydrogen-bond donors (Lipinski definition) is 2. The highest BCUT2D eigenvalue weighted by molar-refractivity contribution is 7.99. The smallest absolute Gasteiger partial charge is 0.103 e. The number of thioether (sulfide) groups is 1. The van der Waals surface area contributed by atoms with Crippen LogP contribution in [0, 0.1) is 0 Å². The second-order valence-electron chi connectivity index (χ2n) is 4.80. The SMILES string of the molecule is CSC1CCC(Nc2ccc(C(N)=S)cc2)CC1. The van der Waals surface area contributed by atoms with Gasteiger partial charge in [-0.3, -0.25) is 0 Å². The van der Waals surface area contributed by atoms with E-state index < -0.39 is 0 Å². The number of anilines is 1. The van der Waals surface area contributed by atoms with Gasteiger partial charge in [0.2, 0.25) is 0 Å². The summed E-state index contributed by atoms with van der Waals surface area (Å²) in [6.07, 6.45) is 7.39. The van der Waals surface area contributed by atoms with E-state index in [0.717, 1.165) is 10.8 Å². The lowest BCUT2D eigenvalue weighted by Gasteiger charge is -2.28. The van der Waals surface area contributed by atoms with Crippen molar-refractivity contribution in [3.05, 3.63) is 29.8 Å². The summed E-state index contributed by atoms with van der Waals surface area (Å²) in [5.41, 5.74) is 7.69. The van der Waals surface area contributed by atoms with E-state index in [-0.39, 0.29) is 0 Å². The maximum atomic E-state index is 5.59. The van der Waals surface area contributed by atoms with Crippen LogP contribution in [0.3, 0.4) is 0 Å². The molecule has 4 heteroatoms. The number of thiocarbonyl (C=S) groups is 1. The fraction of sp³-hybridized carbons (Fsp3) is 0.500. The van der Waals surface area contributed by atoms with Gasteiger partial charge in [0, 0.05) is 22.5 Å². The van der Waals surface area contributed by atoms with E-state index in [4.69, 9.17) is 18.0 Å². The molecule has 0 unspecified atom stereocenters. The van der Waals surface area contributed by atoms with Gasteiger partial charge in [-0.1, -0.05) is 12.2 Å². The van der Waals surface area contributed by atoms with Crippen LogP contribution < -0.4 is 11.1 Å². The molecule has 18 heavy (non-hydrogen) atoms. The zero-order valence-electron chi connectivity index (χ0n) is 10.7. The highest BCUT2D eigenvalue weighted by atomic mass is 32.2. The number of nitrogens with one attached hydrogen (secondary N) is 1. The van der Waals surface area contributed by atoms with Gasteiger partial charge >= 0.3 is 0 Å². The zero-order valence-corrected chi connectivity index (χ0v) is 12.3. The lowest BCUT2D eigenvalue weighted by molar-refractivity contribution is 0.473. The molecule has 0 bridgehead atoms. The van der Waals surface area contributed by atoms with Gasteiger partial charge in [0.15, 0.2) is 0 Å². The van der Waals surface area contributed by atoms with E-state index in [2.05, 4.69) is 23.7 Å². The summed E-state index contributed by atoms with van der Waals surface area (Å²) in [5.74, 6) is 0. The fourth-order valence-corrected chi connectivity index (χ4v) is 3.29. The minimum atomic E-state index is 0.460. The normalized spacial score (nSPS) is 23.6. The monoisotopic (exact) mass is 280 g/mol. The number of hydrogen-bond acceptors (Lipinski definition) is 3. The predicted octanol–water partition coefficient (Wildman–Crippen LogP) is 3.41. The van der Waals surface area contributed by atoms with Gasteiger partial charge in [-0.05, 0) is 56.2 Å². The second-order valence-corrected chi connectivity index (χ2v) is 6.37. The van der Waals surface area contributed by atoms with Crippen LogP contribution in [0.5, 0.6) is 0 Å². The van der Waals surface area contributed by atoms with Crippen LogP contribution in [0.25, 0.3) is 0 Å². The quantitative estimate of drug-likeness (QED) is 0.829. The fourth-order valence-electron chi connectivity index (χ4n) is 2.41. The van der Waals surface area contributed by atoms with Crippen LogP contribution in [0.1, 0.15) is 31.2 Å². The van der Waals surface area contributed by atoms with E-state index in [1.165, 1.54) is 31.4 Å². The third-order valence-corrected chi connectivity index (χ3v) is 4.92. The molecular weight excluding hydrogens is 260 g/mol. The van der Waals surface area contributed by atoms with Crippen molar-refractivity contribution in [3.63, 3.8) is 0 Å². The Hall–Kier alpha value is -0.740. The van der Waals surface area contributed by atoms with Gasteiger partial charge in [-0.2, -0.15) is 11.8 Å². The molecule has 1 fully saturated rings. The second kappa shape index (κ2) is 6.43. The summed E-state index contributed by atoms with van der Waals surface area (Å²) in [5, 5.41) is 4.46. The average Bonchev–Trinajstić information content (AvgIpc) is 2.40. The van der Waals surface area contributed by atoms with Crippen molar-refractivity contribution in [2.75, 3.05) is 11.6 Å². The summed E-state index contributed by atoms with van der Waals surface area (Å²) in [7, 11) is 0. The average molecular weight is 280 g/mol. The molecule has 1 saturated carbocycles. The maximum Gasteiger partial charge on any atom is 0.103 e. The van der Waals surface area contributed by atoms with E-state index in [1.807, 2.05) is 23.9 Å². The zero-order chi connectivity index (χ0) is 13.0. The van der Waals surface area contributed by atoms with E-state index in [0.29, 0.717) is 11.0 Å². The number of rotatable bonds is 4. The highest BCUT2D eigenvalue weighted by Gasteiger charge is 2.19. The molecule has 0 aromatic heterocycles. The Morgan fingerprint density at radius 1 is 1.22 bits per heavy atom. The van der Waals surface area contributed by atoms with Crippen LogP contribution in [0.15, 0.2) is 24.3 Å². The molecule has 0 heterocycles. The molecule has 1 aromatic rings. The topological polar surface area (TPSA) is 38.0 Å². The van der Waals surface area contributed by atoms with E-state index >= 15 is 0 Å². The molecule has 0 aliphatic heterocycles. The molecule has 0 amide bonds. The van der Waals surface area contributed by atoms with Crippen molar-refractivity contribution in [1.29, 1.82) is 0 Å². The molecule has 98 valence electrons. The lowest BCUT2D eigenvalue weighted by Crippen LogP contribution is -2.27. The molecule has 1 aliphatic carbocycles. The molecule has 0 saturated heterocycles. The Morgan fingerprint density at radius 2 is 1.83 bits per heavy atom. The largest absolute Gasteiger partial charge is 0.389 e. The van der Waals surface area contributed by atoms with Crippen LogP contribution in [0.2, 0.25) is 0 Å². The Bertz CT molecular complexity index is 395. The first-order valence-corrected chi connectivity index (χ1v) is 8.08. The first kappa shape index (κ1) is 13.7. The minimum absolute atomic E-state index is 0.460. The molecule has 1 aromatic carbocycles. The van der Waals surface area contributed by atoms with Crippen LogP contribution in [-0.2, 0) is 0 Å². The molecule has 2 nitrogen and oxygen atoms in total. The summed E-state index contributed by atoms with van der Waals surface area (Å²) >= 11 is 6.95. The molecule has 0 spiro atoms. The summed E-state index contributed by atoms with van der Waals surface area (Å²) in [6, 6.07) is 8.71. The van der Waals surface area contributed by atoms with Crippen LogP contribution >= 0.6 is 24.0 Å². The van der Waals surface area contributed by atoms with Gasteiger partial charge in [-0.25, -0.2) is 0 Å². The minimum Gasteiger partial charge on any atom is -0.389 e. The van der Waals surface area contributed by atoms with Gasteiger partial charge < -0.3 is 11.1 Å². The van der Waals surface area contributed by atoms with Gasteiger partial charge in [-0.15, -0.1) is 0 Å². The molecule has 0 atom stereocenters. The third-order valence-electron chi connectivity index (χ3n) is 3.55. The molecule has 3 N–H and O–H groups in total. The highest BCUT2D eigenvalue weighted by Crippen LogP contribution is 2.28. The molecule has 2 rings (SSSR count). The van der Waals surface area contributed by atoms with Crippen molar-refractivity contribution in [2.24, 2.45) is 5.73 Å². The predicted molar refractivity (Wildman–Crippen MR) is 85.5 cm³/mol. The summed E-state index contributed by atoms with van der Waals surface area (Å²) in [6.45, 7) is 0. The van der Waals surface area contributed by atoms with E-state index in [1.54, 1.807) is 0 Å². The van der Waals surface area contributed by atoms with Crippen LogP contribution in [0.4, 0.5) is 5.69 Å². The maximum absolute atomic E-state index is 5.59. The van der Waals surface area contributed by atoms with Crippen LogP contribution in [-0.4, -0.2) is 22.5 Å². The molecule has 1 aliphatic rings. The molecule has 0 radical (unpaired) electrons. The Kier molecular flexibility index (Phi) is 4.89. The summed E-state index contributed by atoms with van der Waals surface area (Å²) in [4.78, 5) is 0.460. The van der Waals surface area contributed by atoms with E-state index in [9.17, 15) is 0 Å². The van der Waals surface area contributed by atoms with Gasteiger partial charge in [0.05, 0.1) is 0 Å². The van der Waals surface area contributed by atoms with Crippen molar-refractivity contribution in [1.82, 2.24) is 0 Å². The third kappa shape index (κ3) is 3.62. The van der Waals surface area contributed by atoms with Crippen molar-refractivity contribution < 1.29 is 0 Å². The van der Waals surface area contributed by atoms with Gasteiger partial charge in [0.1, 0.15) is 4.99 Å². The van der Waals surface area contributed by atoms with Crippen molar-refractivity contribution in [2.45, 2.75) is 37.0 Å². The summed E-state index contributed by atoms with van der Waals surface area (Å²) < 4.78 is 0.